The van der Waals surface area contributed by atoms with Gasteiger partial charge in [0.25, 0.3) is 0 Å². The first-order chi connectivity index (χ1) is 16.7. The minimum Gasteiger partial charge on any atom is -0.316 e. The molecule has 2 N–H and O–H groups in total. The predicted octanol–water partition coefficient (Wildman–Crippen LogP) is 3.06. The third-order valence-corrected chi connectivity index (χ3v) is 8.07. The number of carbonyl (C=O) groups is 2. The van der Waals surface area contributed by atoms with Gasteiger partial charge in [0.15, 0.2) is 0 Å². The summed E-state index contributed by atoms with van der Waals surface area (Å²) in [5.74, 6) is -2.23. The van der Waals surface area contributed by atoms with Gasteiger partial charge in [-0.3, -0.25) is 19.6 Å². The standard InChI is InChI=1S/C25H32F3N5O2/c1-32-21-12-16(2-3-18(21)23(31-32)19-4-5-22(34)30-24(19)35)15-7-10-33(11-8-15)14-17-6-9-29-13-20(17)25(26,27)28/h2-3,12,15,17,19-20,29H,4-11,13-14H2,1H3,(H,30,34,35)/t17-,19?,20-/m0/s1. The summed E-state index contributed by atoms with van der Waals surface area (Å²) in [5, 5.41) is 10.9. The SMILES string of the molecule is Cn1nc(C2CCC(=O)NC2=O)c2ccc(C3CCN(C[C@@H]4CCNC[C@@H]4C(F)(F)F)CC3)cc21. The average molecular weight is 492 g/mol. The predicted molar refractivity (Wildman–Crippen MR) is 125 cm³/mol. The molecule has 3 aliphatic heterocycles. The summed E-state index contributed by atoms with van der Waals surface area (Å²) < 4.78 is 42.1. The number of carbonyl (C=O) groups excluding carboxylic acids is 2. The second-order valence-electron chi connectivity index (χ2n) is 10.3. The molecule has 3 aliphatic rings. The lowest BCUT2D eigenvalue weighted by atomic mass is 9.84. The van der Waals surface area contributed by atoms with E-state index in [9.17, 15) is 22.8 Å². The average Bonchev–Trinajstić information content (AvgIpc) is 3.15. The number of hydrogen-bond acceptors (Lipinski definition) is 5. The van der Waals surface area contributed by atoms with E-state index in [1.165, 1.54) is 5.56 Å². The van der Waals surface area contributed by atoms with Crippen molar-refractivity contribution in [2.45, 2.75) is 50.1 Å². The van der Waals surface area contributed by atoms with E-state index >= 15 is 0 Å². The van der Waals surface area contributed by atoms with Gasteiger partial charge in [-0.05, 0) is 68.8 Å². The summed E-state index contributed by atoms with van der Waals surface area (Å²) in [6, 6.07) is 6.24. The molecular formula is C25H32F3N5O2. The molecule has 5 rings (SSSR count). The Morgan fingerprint density at radius 1 is 1.11 bits per heavy atom. The lowest BCUT2D eigenvalue weighted by Gasteiger charge is -2.39. The molecule has 1 unspecified atom stereocenters. The smallest absolute Gasteiger partial charge is 0.316 e. The highest BCUT2D eigenvalue weighted by Gasteiger charge is 2.46. The molecule has 10 heteroatoms. The molecule has 0 saturated carbocycles. The van der Waals surface area contributed by atoms with E-state index in [2.05, 4.69) is 32.8 Å². The molecule has 3 saturated heterocycles. The lowest BCUT2D eigenvalue weighted by molar-refractivity contribution is -0.193. The van der Waals surface area contributed by atoms with Gasteiger partial charge in [0.2, 0.25) is 11.8 Å². The number of aromatic nitrogens is 2. The van der Waals surface area contributed by atoms with E-state index in [0.29, 0.717) is 44.0 Å². The summed E-state index contributed by atoms with van der Waals surface area (Å²) in [5.41, 5.74) is 2.85. The lowest BCUT2D eigenvalue weighted by Crippen LogP contribution is -2.49. The van der Waals surface area contributed by atoms with Crippen LogP contribution in [0.1, 0.15) is 55.2 Å². The van der Waals surface area contributed by atoms with Crippen LogP contribution in [0, 0.1) is 11.8 Å². The molecule has 0 radical (unpaired) electrons. The number of likely N-dealkylation sites (tertiary alicyclic amines) is 1. The molecule has 0 bridgehead atoms. The number of piperidine rings is 3. The maximum atomic E-state index is 13.4. The number of hydrogen-bond donors (Lipinski definition) is 2. The van der Waals surface area contributed by atoms with Crippen molar-refractivity contribution < 1.29 is 22.8 Å². The Hall–Kier alpha value is -2.46. The zero-order valence-electron chi connectivity index (χ0n) is 19.9. The number of nitrogens with zero attached hydrogens (tertiary/aromatic N) is 3. The van der Waals surface area contributed by atoms with Crippen molar-refractivity contribution in [3.05, 3.63) is 29.5 Å². The van der Waals surface area contributed by atoms with E-state index in [-0.39, 0.29) is 24.3 Å². The number of rotatable bonds is 4. The molecule has 2 aromatic rings. The maximum Gasteiger partial charge on any atom is 0.393 e. The Bertz CT molecular complexity index is 1110. The second kappa shape index (κ2) is 9.54. The van der Waals surface area contributed by atoms with Crippen molar-refractivity contribution in [3.8, 4) is 0 Å². The van der Waals surface area contributed by atoms with Gasteiger partial charge in [-0.25, -0.2) is 0 Å². The van der Waals surface area contributed by atoms with E-state index in [1.807, 2.05) is 13.1 Å². The molecule has 190 valence electrons. The third kappa shape index (κ3) is 4.95. The van der Waals surface area contributed by atoms with Crippen molar-refractivity contribution in [3.63, 3.8) is 0 Å². The van der Waals surface area contributed by atoms with Crippen LogP contribution in [0.25, 0.3) is 10.9 Å². The van der Waals surface area contributed by atoms with Crippen LogP contribution >= 0.6 is 0 Å². The van der Waals surface area contributed by atoms with Crippen LogP contribution in [-0.4, -0.2) is 65.4 Å². The van der Waals surface area contributed by atoms with Crippen LogP contribution in [0.15, 0.2) is 18.2 Å². The normalized spacial score (nSPS) is 27.4. The first kappa shape index (κ1) is 24.2. The minimum absolute atomic E-state index is 0.0240. The highest BCUT2D eigenvalue weighted by molar-refractivity contribution is 6.02. The highest BCUT2D eigenvalue weighted by Crippen LogP contribution is 2.38. The van der Waals surface area contributed by atoms with Gasteiger partial charge in [-0.15, -0.1) is 0 Å². The fourth-order valence-electron chi connectivity index (χ4n) is 6.06. The summed E-state index contributed by atoms with van der Waals surface area (Å²) in [7, 11) is 1.86. The Labute approximate surface area is 202 Å². The third-order valence-electron chi connectivity index (χ3n) is 8.07. The molecule has 0 spiro atoms. The van der Waals surface area contributed by atoms with Crippen molar-refractivity contribution in [1.82, 2.24) is 25.3 Å². The van der Waals surface area contributed by atoms with Gasteiger partial charge in [0.05, 0.1) is 23.0 Å². The minimum atomic E-state index is -4.15. The Morgan fingerprint density at radius 2 is 1.89 bits per heavy atom. The van der Waals surface area contributed by atoms with Crippen LogP contribution in [0.2, 0.25) is 0 Å². The summed E-state index contributed by atoms with van der Waals surface area (Å²) in [6.45, 7) is 2.78. The van der Waals surface area contributed by atoms with Gasteiger partial charge in [0.1, 0.15) is 0 Å². The van der Waals surface area contributed by atoms with Gasteiger partial charge < -0.3 is 10.2 Å². The number of aryl methyl sites for hydroxylation is 1. The fraction of sp³-hybridized carbons (Fsp3) is 0.640. The summed E-state index contributed by atoms with van der Waals surface area (Å²) >= 11 is 0. The second-order valence-corrected chi connectivity index (χ2v) is 10.3. The topological polar surface area (TPSA) is 79.3 Å². The van der Waals surface area contributed by atoms with Crippen LogP contribution in [0.5, 0.6) is 0 Å². The van der Waals surface area contributed by atoms with Crippen LogP contribution in [0.4, 0.5) is 13.2 Å². The number of benzene rings is 1. The quantitative estimate of drug-likeness (QED) is 0.643. The van der Waals surface area contributed by atoms with E-state index in [1.54, 1.807) is 4.68 Å². The van der Waals surface area contributed by atoms with Gasteiger partial charge in [-0.2, -0.15) is 18.3 Å². The maximum absolute atomic E-state index is 13.4. The molecular weight excluding hydrogens is 459 g/mol. The molecule has 3 fully saturated rings. The summed E-state index contributed by atoms with van der Waals surface area (Å²) in [4.78, 5) is 26.1. The number of halogens is 3. The molecule has 1 aromatic carbocycles. The number of fused-ring (bicyclic) bond motifs is 1. The molecule has 35 heavy (non-hydrogen) atoms. The van der Waals surface area contributed by atoms with Crippen molar-refractivity contribution >= 4 is 22.7 Å². The monoisotopic (exact) mass is 491 g/mol. The zero-order chi connectivity index (χ0) is 24.7. The molecule has 2 amide bonds. The van der Waals surface area contributed by atoms with Crippen LogP contribution < -0.4 is 10.6 Å². The van der Waals surface area contributed by atoms with E-state index in [0.717, 1.165) is 36.8 Å². The largest absolute Gasteiger partial charge is 0.393 e. The molecule has 7 nitrogen and oxygen atoms in total. The van der Waals surface area contributed by atoms with Crippen molar-refractivity contribution in [1.29, 1.82) is 0 Å². The number of imide groups is 1. The Balaban J connectivity index is 1.25. The van der Waals surface area contributed by atoms with Gasteiger partial charge in [0, 0.05) is 31.9 Å². The summed E-state index contributed by atoms with van der Waals surface area (Å²) in [6.07, 6.45) is -0.996. The molecule has 3 atom stereocenters. The fourth-order valence-corrected chi connectivity index (χ4v) is 6.06. The van der Waals surface area contributed by atoms with Gasteiger partial charge in [-0.1, -0.05) is 12.1 Å². The first-order valence-corrected chi connectivity index (χ1v) is 12.5. The Kier molecular flexibility index (Phi) is 6.61. The first-order valence-electron chi connectivity index (χ1n) is 12.5. The van der Waals surface area contributed by atoms with Gasteiger partial charge >= 0.3 is 6.18 Å². The number of amides is 2. The van der Waals surface area contributed by atoms with E-state index < -0.39 is 18.0 Å². The van der Waals surface area contributed by atoms with Crippen molar-refractivity contribution in [2.75, 3.05) is 32.7 Å². The van der Waals surface area contributed by atoms with Crippen molar-refractivity contribution in [2.24, 2.45) is 18.9 Å². The van der Waals surface area contributed by atoms with Crippen LogP contribution in [-0.2, 0) is 16.6 Å². The Morgan fingerprint density at radius 3 is 2.60 bits per heavy atom. The molecule has 4 heterocycles. The molecule has 0 aliphatic carbocycles. The number of nitrogens with one attached hydrogen (secondary N) is 2. The number of alkyl halides is 3. The van der Waals surface area contributed by atoms with E-state index in [4.69, 9.17) is 0 Å². The molecule has 1 aromatic heterocycles. The highest BCUT2D eigenvalue weighted by atomic mass is 19.4. The van der Waals surface area contributed by atoms with Crippen LogP contribution in [0.3, 0.4) is 0 Å². The zero-order valence-corrected chi connectivity index (χ0v) is 19.9.